The zero-order valence-electron chi connectivity index (χ0n) is 15.7. The largest absolute Gasteiger partial charge is 0.493 e. The third-order valence-electron chi connectivity index (χ3n) is 4.00. The first-order valence-electron chi connectivity index (χ1n) is 8.41. The molecule has 0 aliphatic rings. The van der Waals surface area contributed by atoms with E-state index in [-0.39, 0.29) is 0 Å². The number of benzene rings is 2. The second-order valence-corrected chi connectivity index (χ2v) is 5.66. The van der Waals surface area contributed by atoms with Crippen LogP contribution in [0.2, 0.25) is 0 Å². The molecule has 0 aliphatic heterocycles. The van der Waals surface area contributed by atoms with Gasteiger partial charge in [-0.2, -0.15) is 10.2 Å². The zero-order chi connectivity index (χ0) is 19.9. The minimum absolute atomic E-state index is 0.301. The Morgan fingerprint density at radius 1 is 1.04 bits per heavy atom. The second kappa shape index (κ2) is 8.72. The molecule has 8 nitrogen and oxygen atoms in total. The number of amides is 1. The van der Waals surface area contributed by atoms with Crippen LogP contribution in [0, 0.1) is 0 Å². The predicted octanol–water partition coefficient (Wildman–Crippen LogP) is 2.87. The molecule has 0 saturated carbocycles. The molecule has 0 radical (unpaired) electrons. The molecule has 0 spiro atoms. The van der Waals surface area contributed by atoms with Crippen molar-refractivity contribution in [2.45, 2.75) is 0 Å². The molecule has 3 aromatic rings. The van der Waals surface area contributed by atoms with E-state index in [0.29, 0.717) is 34.2 Å². The van der Waals surface area contributed by atoms with E-state index in [1.807, 2.05) is 30.3 Å². The average Bonchev–Trinajstić information content (AvgIpc) is 3.24. The van der Waals surface area contributed by atoms with E-state index >= 15 is 0 Å². The van der Waals surface area contributed by atoms with Crippen LogP contribution in [0.3, 0.4) is 0 Å². The van der Waals surface area contributed by atoms with Crippen molar-refractivity contribution in [3.8, 4) is 28.5 Å². The molecule has 0 atom stereocenters. The summed E-state index contributed by atoms with van der Waals surface area (Å²) in [6, 6.07) is 14.7. The van der Waals surface area contributed by atoms with E-state index in [1.54, 1.807) is 25.3 Å². The summed E-state index contributed by atoms with van der Waals surface area (Å²) in [6.45, 7) is 0. The summed E-state index contributed by atoms with van der Waals surface area (Å²) >= 11 is 0. The van der Waals surface area contributed by atoms with Crippen molar-refractivity contribution in [3.05, 3.63) is 59.8 Å². The van der Waals surface area contributed by atoms with Gasteiger partial charge in [-0.15, -0.1) is 0 Å². The van der Waals surface area contributed by atoms with Gasteiger partial charge in [0.25, 0.3) is 5.91 Å². The number of aromatic amines is 1. The molecule has 28 heavy (non-hydrogen) atoms. The maximum atomic E-state index is 12.3. The summed E-state index contributed by atoms with van der Waals surface area (Å²) in [4.78, 5) is 12.3. The number of methoxy groups -OCH3 is 3. The Labute approximate surface area is 162 Å². The minimum atomic E-state index is -0.412. The van der Waals surface area contributed by atoms with Crippen LogP contribution in [0.5, 0.6) is 17.2 Å². The molecule has 2 aromatic carbocycles. The summed E-state index contributed by atoms with van der Waals surface area (Å²) in [7, 11) is 4.58. The highest BCUT2D eigenvalue weighted by molar-refractivity contribution is 5.94. The van der Waals surface area contributed by atoms with Crippen molar-refractivity contribution in [2.24, 2.45) is 5.10 Å². The fourth-order valence-corrected chi connectivity index (χ4v) is 2.64. The minimum Gasteiger partial charge on any atom is -0.493 e. The van der Waals surface area contributed by atoms with Gasteiger partial charge < -0.3 is 14.2 Å². The van der Waals surface area contributed by atoms with Crippen LogP contribution in [0.4, 0.5) is 0 Å². The lowest BCUT2D eigenvalue weighted by Gasteiger charge is -2.13. The van der Waals surface area contributed by atoms with Gasteiger partial charge in [-0.05, 0) is 18.2 Å². The normalized spacial score (nSPS) is 10.7. The summed E-state index contributed by atoms with van der Waals surface area (Å²) in [6.07, 6.45) is 1.47. The number of nitrogens with one attached hydrogen (secondary N) is 2. The SMILES string of the molecule is COc1ccc(/C=N/NC(=O)c2cc(-c3ccccc3)n[nH]2)c(OC)c1OC. The quantitative estimate of drug-likeness (QED) is 0.485. The molecule has 1 aromatic heterocycles. The van der Waals surface area contributed by atoms with E-state index in [9.17, 15) is 4.79 Å². The highest BCUT2D eigenvalue weighted by atomic mass is 16.5. The van der Waals surface area contributed by atoms with Gasteiger partial charge in [0, 0.05) is 11.1 Å². The Morgan fingerprint density at radius 2 is 1.79 bits per heavy atom. The monoisotopic (exact) mass is 380 g/mol. The summed E-state index contributed by atoms with van der Waals surface area (Å²) in [5, 5.41) is 10.9. The highest BCUT2D eigenvalue weighted by Gasteiger charge is 2.15. The van der Waals surface area contributed by atoms with Crippen LogP contribution < -0.4 is 19.6 Å². The maximum Gasteiger partial charge on any atom is 0.289 e. The molecule has 0 bridgehead atoms. The number of rotatable bonds is 7. The molecule has 2 N–H and O–H groups in total. The van der Waals surface area contributed by atoms with Gasteiger partial charge in [0.1, 0.15) is 5.69 Å². The van der Waals surface area contributed by atoms with Crippen molar-refractivity contribution in [2.75, 3.05) is 21.3 Å². The first kappa shape index (κ1) is 19.0. The van der Waals surface area contributed by atoms with Gasteiger partial charge in [0.2, 0.25) is 5.75 Å². The van der Waals surface area contributed by atoms with E-state index in [4.69, 9.17) is 14.2 Å². The van der Waals surface area contributed by atoms with Gasteiger partial charge in [-0.25, -0.2) is 5.43 Å². The number of H-pyrrole nitrogens is 1. The van der Waals surface area contributed by atoms with Gasteiger partial charge in [0.15, 0.2) is 11.5 Å². The highest BCUT2D eigenvalue weighted by Crippen LogP contribution is 2.38. The predicted molar refractivity (Wildman–Crippen MR) is 105 cm³/mol. The van der Waals surface area contributed by atoms with Crippen LogP contribution in [-0.2, 0) is 0 Å². The van der Waals surface area contributed by atoms with Crippen LogP contribution in [0.25, 0.3) is 11.3 Å². The van der Waals surface area contributed by atoms with E-state index in [2.05, 4.69) is 20.7 Å². The maximum absolute atomic E-state index is 12.3. The molecule has 0 fully saturated rings. The first-order valence-corrected chi connectivity index (χ1v) is 8.41. The fourth-order valence-electron chi connectivity index (χ4n) is 2.64. The van der Waals surface area contributed by atoms with Gasteiger partial charge >= 0.3 is 0 Å². The van der Waals surface area contributed by atoms with Gasteiger partial charge in [-0.1, -0.05) is 30.3 Å². The van der Waals surface area contributed by atoms with Crippen molar-refractivity contribution in [1.29, 1.82) is 0 Å². The van der Waals surface area contributed by atoms with Crippen molar-refractivity contribution in [3.63, 3.8) is 0 Å². The molecule has 144 valence electrons. The van der Waals surface area contributed by atoms with Crippen LogP contribution >= 0.6 is 0 Å². The Bertz CT molecular complexity index is 983. The molecule has 8 heteroatoms. The molecular weight excluding hydrogens is 360 g/mol. The van der Waals surface area contributed by atoms with Crippen LogP contribution in [0.1, 0.15) is 16.1 Å². The molecule has 1 amide bonds. The molecule has 0 unspecified atom stereocenters. The summed E-state index contributed by atoms with van der Waals surface area (Å²) in [5.41, 5.74) is 4.97. The third kappa shape index (κ3) is 3.96. The lowest BCUT2D eigenvalue weighted by molar-refractivity contribution is 0.0950. The van der Waals surface area contributed by atoms with E-state index in [0.717, 1.165) is 5.56 Å². The molecular formula is C20H20N4O4. The molecule has 0 saturated heterocycles. The smallest absolute Gasteiger partial charge is 0.289 e. The van der Waals surface area contributed by atoms with Gasteiger partial charge in [0.05, 0.1) is 33.2 Å². The Kier molecular flexibility index (Phi) is 5.91. The van der Waals surface area contributed by atoms with E-state index < -0.39 is 5.91 Å². The molecule has 1 heterocycles. The standard InChI is InChI=1S/C20H20N4O4/c1-26-17-10-9-14(18(27-2)19(17)28-3)12-21-24-20(25)16-11-15(22-23-16)13-7-5-4-6-8-13/h4-12H,1-3H3,(H,22,23)(H,24,25)/b21-12+. The number of hydrazone groups is 1. The van der Waals surface area contributed by atoms with Crippen molar-refractivity contribution >= 4 is 12.1 Å². The Balaban J connectivity index is 1.73. The number of carbonyl (C=O) groups excluding carboxylic acids is 1. The Morgan fingerprint density at radius 3 is 2.46 bits per heavy atom. The van der Waals surface area contributed by atoms with Gasteiger partial charge in [-0.3, -0.25) is 9.89 Å². The topological polar surface area (TPSA) is 97.8 Å². The lowest BCUT2D eigenvalue weighted by atomic mass is 10.1. The second-order valence-electron chi connectivity index (χ2n) is 5.66. The third-order valence-corrected chi connectivity index (χ3v) is 4.00. The number of hydrogen-bond donors (Lipinski definition) is 2. The van der Waals surface area contributed by atoms with Crippen LogP contribution in [-0.4, -0.2) is 43.6 Å². The zero-order valence-corrected chi connectivity index (χ0v) is 15.7. The summed E-state index contributed by atoms with van der Waals surface area (Å²) in [5.74, 6) is 1.02. The molecule has 0 aliphatic carbocycles. The van der Waals surface area contributed by atoms with E-state index in [1.165, 1.54) is 20.4 Å². The molecule has 3 rings (SSSR count). The number of hydrogen-bond acceptors (Lipinski definition) is 6. The number of carbonyl (C=O) groups is 1. The van der Waals surface area contributed by atoms with Crippen molar-refractivity contribution < 1.29 is 19.0 Å². The average molecular weight is 380 g/mol. The summed E-state index contributed by atoms with van der Waals surface area (Å²) < 4.78 is 16.0. The number of aromatic nitrogens is 2. The van der Waals surface area contributed by atoms with Crippen LogP contribution in [0.15, 0.2) is 53.6 Å². The first-order chi connectivity index (χ1) is 13.7. The number of nitrogens with zero attached hydrogens (tertiary/aromatic N) is 2. The number of ether oxygens (including phenoxy) is 3. The lowest BCUT2D eigenvalue weighted by Crippen LogP contribution is -2.18. The fraction of sp³-hybridized carbons (Fsp3) is 0.150. The Hall–Kier alpha value is -3.81. The van der Waals surface area contributed by atoms with Crippen molar-refractivity contribution in [1.82, 2.24) is 15.6 Å².